The van der Waals surface area contributed by atoms with Crippen molar-refractivity contribution in [2.24, 2.45) is 0 Å². The predicted octanol–water partition coefficient (Wildman–Crippen LogP) is 3.74. The van der Waals surface area contributed by atoms with Crippen LogP contribution in [0.1, 0.15) is 29.3 Å². The lowest BCUT2D eigenvalue weighted by Crippen LogP contribution is -2.33. The lowest BCUT2D eigenvalue weighted by molar-refractivity contribution is 0.0765. The Hall–Kier alpha value is -0.730. The number of halogens is 2. The topological polar surface area (TPSA) is 20.3 Å². The van der Waals surface area contributed by atoms with Crippen molar-refractivity contribution in [2.75, 3.05) is 19.0 Å². The molecule has 1 aromatic carbocycles. The number of benzene rings is 1. The predicted molar refractivity (Wildman–Crippen MR) is 73.1 cm³/mol. The summed E-state index contributed by atoms with van der Waals surface area (Å²) in [4.78, 5) is 14.0. The molecule has 0 bridgehead atoms. The van der Waals surface area contributed by atoms with Crippen LogP contribution in [0, 0.1) is 6.92 Å². The Morgan fingerprint density at radius 1 is 1.35 bits per heavy atom. The minimum atomic E-state index is -0.00519. The van der Waals surface area contributed by atoms with Gasteiger partial charge < -0.3 is 4.90 Å². The number of alkyl halides is 1. The van der Waals surface area contributed by atoms with Gasteiger partial charge in [-0.2, -0.15) is 0 Å². The SMILES string of the molecule is CCCN(CCCl)C(=O)c1ccc(C)c(Cl)c1. The standard InChI is InChI=1S/C13H17Cl2NO/c1-3-7-16(8-6-14)13(17)11-5-4-10(2)12(15)9-11/h4-5,9H,3,6-8H2,1-2H3. The minimum Gasteiger partial charge on any atom is -0.337 e. The summed E-state index contributed by atoms with van der Waals surface area (Å²) in [6.45, 7) is 5.24. The number of amides is 1. The molecule has 0 aromatic heterocycles. The van der Waals surface area contributed by atoms with E-state index in [0.717, 1.165) is 18.5 Å². The van der Waals surface area contributed by atoms with Gasteiger partial charge in [-0.05, 0) is 31.0 Å². The third-order valence-electron chi connectivity index (χ3n) is 2.55. The number of carbonyl (C=O) groups is 1. The van der Waals surface area contributed by atoms with Crippen molar-refractivity contribution in [1.29, 1.82) is 0 Å². The van der Waals surface area contributed by atoms with Crippen LogP contribution in [0.25, 0.3) is 0 Å². The second-order valence-electron chi connectivity index (χ2n) is 3.95. The van der Waals surface area contributed by atoms with Gasteiger partial charge in [-0.25, -0.2) is 0 Å². The molecule has 4 heteroatoms. The van der Waals surface area contributed by atoms with E-state index >= 15 is 0 Å². The lowest BCUT2D eigenvalue weighted by atomic mass is 10.1. The molecule has 0 unspecified atom stereocenters. The van der Waals surface area contributed by atoms with Crippen LogP contribution in [0.4, 0.5) is 0 Å². The van der Waals surface area contributed by atoms with Crippen molar-refractivity contribution in [3.05, 3.63) is 34.3 Å². The van der Waals surface area contributed by atoms with Crippen LogP contribution in [0.2, 0.25) is 5.02 Å². The summed E-state index contributed by atoms with van der Waals surface area (Å²) < 4.78 is 0. The van der Waals surface area contributed by atoms with Crippen molar-refractivity contribution in [1.82, 2.24) is 4.90 Å². The van der Waals surface area contributed by atoms with Crippen LogP contribution in [-0.4, -0.2) is 29.8 Å². The first-order valence-electron chi connectivity index (χ1n) is 5.71. The number of aryl methyl sites for hydroxylation is 1. The molecule has 1 amide bonds. The molecule has 0 aliphatic heterocycles. The third kappa shape index (κ3) is 3.90. The van der Waals surface area contributed by atoms with E-state index in [-0.39, 0.29) is 5.91 Å². The van der Waals surface area contributed by atoms with Gasteiger partial charge in [0.2, 0.25) is 0 Å². The van der Waals surface area contributed by atoms with E-state index in [0.29, 0.717) is 23.0 Å². The van der Waals surface area contributed by atoms with E-state index in [2.05, 4.69) is 0 Å². The van der Waals surface area contributed by atoms with Crippen LogP contribution in [0.15, 0.2) is 18.2 Å². The second-order valence-corrected chi connectivity index (χ2v) is 4.73. The van der Waals surface area contributed by atoms with Gasteiger partial charge >= 0.3 is 0 Å². The molecule has 0 saturated heterocycles. The quantitative estimate of drug-likeness (QED) is 0.749. The van der Waals surface area contributed by atoms with E-state index in [9.17, 15) is 4.79 Å². The molecule has 0 fully saturated rings. The van der Waals surface area contributed by atoms with Crippen molar-refractivity contribution in [3.8, 4) is 0 Å². The molecule has 0 saturated carbocycles. The maximum absolute atomic E-state index is 12.2. The Morgan fingerprint density at radius 3 is 2.59 bits per heavy atom. The van der Waals surface area contributed by atoms with Gasteiger partial charge in [0, 0.05) is 29.6 Å². The first kappa shape index (κ1) is 14.3. The summed E-state index contributed by atoms with van der Waals surface area (Å²) in [7, 11) is 0. The molecule has 0 radical (unpaired) electrons. The lowest BCUT2D eigenvalue weighted by Gasteiger charge is -2.21. The normalized spacial score (nSPS) is 10.4. The van der Waals surface area contributed by atoms with E-state index < -0.39 is 0 Å². The molecular formula is C13H17Cl2NO. The van der Waals surface area contributed by atoms with Gasteiger partial charge in [0.05, 0.1) is 0 Å². The molecule has 17 heavy (non-hydrogen) atoms. The number of hydrogen-bond donors (Lipinski definition) is 0. The van der Waals surface area contributed by atoms with Crippen molar-refractivity contribution < 1.29 is 4.79 Å². The molecule has 1 rings (SSSR count). The highest BCUT2D eigenvalue weighted by atomic mass is 35.5. The molecule has 2 nitrogen and oxygen atoms in total. The Balaban J connectivity index is 2.88. The highest BCUT2D eigenvalue weighted by Gasteiger charge is 2.14. The summed E-state index contributed by atoms with van der Waals surface area (Å²) in [6, 6.07) is 5.39. The zero-order valence-corrected chi connectivity index (χ0v) is 11.7. The first-order valence-corrected chi connectivity index (χ1v) is 6.62. The average molecular weight is 274 g/mol. The van der Waals surface area contributed by atoms with Crippen molar-refractivity contribution in [2.45, 2.75) is 20.3 Å². The number of nitrogens with zero attached hydrogens (tertiary/aromatic N) is 1. The van der Waals surface area contributed by atoms with E-state index in [4.69, 9.17) is 23.2 Å². The minimum absolute atomic E-state index is 0.00519. The first-order chi connectivity index (χ1) is 8.10. The number of rotatable bonds is 5. The van der Waals surface area contributed by atoms with Gasteiger partial charge in [-0.15, -0.1) is 11.6 Å². The third-order valence-corrected chi connectivity index (χ3v) is 3.13. The van der Waals surface area contributed by atoms with Gasteiger partial charge in [0.25, 0.3) is 5.91 Å². The molecule has 0 heterocycles. The summed E-state index contributed by atoms with van der Waals surface area (Å²) in [5, 5.41) is 0.623. The van der Waals surface area contributed by atoms with Gasteiger partial charge in [-0.1, -0.05) is 24.6 Å². The Labute approximate surface area is 113 Å². The van der Waals surface area contributed by atoms with Crippen molar-refractivity contribution >= 4 is 29.1 Å². The summed E-state index contributed by atoms with van der Waals surface area (Å²) in [6.07, 6.45) is 0.919. The highest BCUT2D eigenvalue weighted by Crippen LogP contribution is 2.18. The Morgan fingerprint density at radius 2 is 2.06 bits per heavy atom. The van der Waals surface area contributed by atoms with Crippen LogP contribution < -0.4 is 0 Å². The second kappa shape index (κ2) is 6.87. The fourth-order valence-electron chi connectivity index (χ4n) is 1.60. The molecule has 0 aliphatic carbocycles. The number of hydrogen-bond acceptors (Lipinski definition) is 1. The molecule has 94 valence electrons. The largest absolute Gasteiger partial charge is 0.337 e. The summed E-state index contributed by atoms with van der Waals surface area (Å²) in [5.74, 6) is 0.445. The fourth-order valence-corrected chi connectivity index (χ4v) is 1.98. The molecule has 0 spiro atoms. The molecule has 0 N–H and O–H groups in total. The van der Waals surface area contributed by atoms with Crippen LogP contribution in [-0.2, 0) is 0 Å². The van der Waals surface area contributed by atoms with E-state index in [1.165, 1.54) is 0 Å². The zero-order chi connectivity index (χ0) is 12.8. The summed E-state index contributed by atoms with van der Waals surface area (Å²) >= 11 is 11.7. The highest BCUT2D eigenvalue weighted by molar-refractivity contribution is 6.31. The smallest absolute Gasteiger partial charge is 0.253 e. The zero-order valence-electron chi connectivity index (χ0n) is 10.2. The van der Waals surface area contributed by atoms with Gasteiger partial charge in [-0.3, -0.25) is 4.79 Å². The van der Waals surface area contributed by atoms with Crippen LogP contribution in [0.3, 0.4) is 0 Å². The fraction of sp³-hybridized carbons (Fsp3) is 0.462. The maximum Gasteiger partial charge on any atom is 0.253 e. The van der Waals surface area contributed by atoms with Gasteiger partial charge in [0.15, 0.2) is 0 Å². The van der Waals surface area contributed by atoms with Crippen LogP contribution >= 0.6 is 23.2 Å². The Bertz CT molecular complexity index is 387. The maximum atomic E-state index is 12.2. The van der Waals surface area contributed by atoms with Gasteiger partial charge in [0.1, 0.15) is 0 Å². The monoisotopic (exact) mass is 273 g/mol. The van der Waals surface area contributed by atoms with Crippen LogP contribution in [0.5, 0.6) is 0 Å². The average Bonchev–Trinajstić information content (AvgIpc) is 2.31. The number of carbonyl (C=O) groups excluding carboxylic acids is 1. The summed E-state index contributed by atoms with van der Waals surface area (Å²) in [5.41, 5.74) is 1.60. The van der Waals surface area contributed by atoms with E-state index in [1.807, 2.05) is 19.9 Å². The van der Waals surface area contributed by atoms with Crippen molar-refractivity contribution in [3.63, 3.8) is 0 Å². The molecule has 0 atom stereocenters. The van der Waals surface area contributed by atoms with E-state index in [1.54, 1.807) is 17.0 Å². The molecular weight excluding hydrogens is 257 g/mol. The Kier molecular flexibility index (Phi) is 5.79. The molecule has 1 aromatic rings. The molecule has 0 aliphatic rings.